The molecule has 11 heteroatoms. The molecule has 0 unspecified atom stereocenters. The topological polar surface area (TPSA) is 76.5 Å². The SMILES string of the molecule is O=c1[nH]ncc(-c2cc(Cl)ccc2-n2cc(C(F)(F)F)nn2)c1F. The largest absolute Gasteiger partial charge is 0.436 e. The second kappa shape index (κ2) is 5.71. The molecule has 0 saturated heterocycles. The van der Waals surface area contributed by atoms with Crippen LogP contribution in [-0.4, -0.2) is 25.2 Å². The summed E-state index contributed by atoms with van der Waals surface area (Å²) in [6, 6.07) is 3.99. The Kier molecular flexibility index (Phi) is 3.84. The molecule has 2 heterocycles. The lowest BCUT2D eigenvalue weighted by Crippen LogP contribution is -2.14. The molecule has 6 nitrogen and oxygen atoms in total. The van der Waals surface area contributed by atoms with E-state index >= 15 is 0 Å². The monoisotopic (exact) mass is 359 g/mol. The van der Waals surface area contributed by atoms with Crippen LogP contribution in [0.5, 0.6) is 0 Å². The summed E-state index contributed by atoms with van der Waals surface area (Å²) in [5.41, 5.74) is -2.44. The highest BCUT2D eigenvalue weighted by atomic mass is 35.5. The molecule has 0 aliphatic rings. The molecule has 0 aliphatic carbocycles. The number of rotatable bonds is 2. The van der Waals surface area contributed by atoms with Crippen molar-refractivity contribution in [3.8, 4) is 16.8 Å². The van der Waals surface area contributed by atoms with Gasteiger partial charge in [-0.1, -0.05) is 16.8 Å². The molecule has 0 fully saturated rings. The molecule has 1 aromatic carbocycles. The molecule has 0 radical (unpaired) electrons. The molecule has 0 saturated carbocycles. The number of aromatic amines is 1. The van der Waals surface area contributed by atoms with Gasteiger partial charge >= 0.3 is 11.7 Å². The number of hydrogen-bond acceptors (Lipinski definition) is 4. The Hall–Kier alpha value is -2.75. The van der Waals surface area contributed by atoms with Gasteiger partial charge in [-0.2, -0.15) is 18.3 Å². The normalized spacial score (nSPS) is 11.7. The molecule has 0 aliphatic heterocycles. The summed E-state index contributed by atoms with van der Waals surface area (Å²) in [4.78, 5) is 11.4. The number of H-pyrrole nitrogens is 1. The van der Waals surface area contributed by atoms with Gasteiger partial charge in [0.05, 0.1) is 18.1 Å². The fourth-order valence-electron chi connectivity index (χ4n) is 2.01. The highest BCUT2D eigenvalue weighted by Gasteiger charge is 2.34. The number of nitrogens with one attached hydrogen (secondary N) is 1. The van der Waals surface area contributed by atoms with Crippen molar-refractivity contribution in [2.24, 2.45) is 0 Å². The van der Waals surface area contributed by atoms with E-state index in [9.17, 15) is 22.4 Å². The van der Waals surface area contributed by atoms with Crippen LogP contribution in [0.15, 0.2) is 35.4 Å². The first-order chi connectivity index (χ1) is 11.3. The molecule has 0 bridgehead atoms. The maximum absolute atomic E-state index is 14.1. The Labute approximate surface area is 135 Å². The van der Waals surface area contributed by atoms with Gasteiger partial charge in [0.1, 0.15) is 0 Å². The van der Waals surface area contributed by atoms with Gasteiger partial charge < -0.3 is 0 Å². The number of benzene rings is 1. The fourth-order valence-corrected chi connectivity index (χ4v) is 2.18. The average Bonchev–Trinajstić information content (AvgIpc) is 3.00. The summed E-state index contributed by atoms with van der Waals surface area (Å²) in [5.74, 6) is -1.15. The lowest BCUT2D eigenvalue weighted by atomic mass is 10.1. The highest BCUT2D eigenvalue weighted by Crippen LogP contribution is 2.32. The summed E-state index contributed by atoms with van der Waals surface area (Å²) in [6.45, 7) is 0. The summed E-state index contributed by atoms with van der Waals surface area (Å²) in [5, 5.41) is 12.0. The number of nitrogens with zero attached hydrogens (tertiary/aromatic N) is 4. The second-order valence-corrected chi connectivity index (χ2v) is 5.07. The Morgan fingerprint density at radius 2 is 1.96 bits per heavy atom. The lowest BCUT2D eigenvalue weighted by Gasteiger charge is -2.10. The molecule has 0 atom stereocenters. The summed E-state index contributed by atoms with van der Waals surface area (Å²) < 4.78 is 52.9. The van der Waals surface area contributed by atoms with Crippen LogP contribution in [0.2, 0.25) is 5.02 Å². The predicted octanol–water partition coefficient (Wildman–Crippen LogP) is 2.83. The predicted molar refractivity (Wildman–Crippen MR) is 75.2 cm³/mol. The van der Waals surface area contributed by atoms with Gasteiger partial charge in [-0.05, 0) is 18.2 Å². The maximum atomic E-state index is 14.1. The molecule has 24 heavy (non-hydrogen) atoms. The van der Waals surface area contributed by atoms with Crippen molar-refractivity contribution in [3.05, 3.63) is 57.5 Å². The van der Waals surface area contributed by atoms with Crippen molar-refractivity contribution in [3.63, 3.8) is 0 Å². The number of halogens is 5. The van der Waals surface area contributed by atoms with E-state index in [1.54, 1.807) is 0 Å². The van der Waals surface area contributed by atoms with E-state index in [-0.39, 0.29) is 21.8 Å². The summed E-state index contributed by atoms with van der Waals surface area (Å²) in [6.07, 6.45) is -3.01. The minimum Gasteiger partial charge on any atom is -0.265 e. The van der Waals surface area contributed by atoms with E-state index < -0.39 is 23.2 Å². The van der Waals surface area contributed by atoms with Gasteiger partial charge in [0.2, 0.25) is 0 Å². The van der Waals surface area contributed by atoms with Crippen LogP contribution in [-0.2, 0) is 6.18 Å². The average molecular weight is 360 g/mol. The van der Waals surface area contributed by atoms with E-state index in [2.05, 4.69) is 15.4 Å². The zero-order valence-electron chi connectivity index (χ0n) is 11.5. The van der Waals surface area contributed by atoms with Crippen LogP contribution in [0, 0.1) is 5.82 Å². The van der Waals surface area contributed by atoms with Gasteiger partial charge in [0.15, 0.2) is 11.5 Å². The zero-order chi connectivity index (χ0) is 17.5. The first-order valence-electron chi connectivity index (χ1n) is 6.30. The van der Waals surface area contributed by atoms with Crippen LogP contribution in [0.1, 0.15) is 5.69 Å². The van der Waals surface area contributed by atoms with E-state index in [1.165, 1.54) is 18.2 Å². The van der Waals surface area contributed by atoms with E-state index in [1.807, 2.05) is 5.10 Å². The van der Waals surface area contributed by atoms with Crippen LogP contribution in [0.3, 0.4) is 0 Å². The Morgan fingerprint density at radius 1 is 1.21 bits per heavy atom. The molecule has 3 aromatic rings. The molecule has 2 aromatic heterocycles. The number of alkyl halides is 3. The van der Waals surface area contributed by atoms with Crippen LogP contribution in [0.25, 0.3) is 16.8 Å². The first-order valence-corrected chi connectivity index (χ1v) is 6.68. The van der Waals surface area contributed by atoms with Crippen LogP contribution >= 0.6 is 11.6 Å². The molecule has 3 rings (SSSR count). The van der Waals surface area contributed by atoms with E-state index in [4.69, 9.17) is 11.6 Å². The fraction of sp³-hybridized carbons (Fsp3) is 0.0769. The van der Waals surface area contributed by atoms with Gasteiger partial charge in [0.25, 0.3) is 0 Å². The minimum absolute atomic E-state index is 0.0391. The molecule has 0 amide bonds. The molecule has 124 valence electrons. The summed E-state index contributed by atoms with van der Waals surface area (Å²) >= 11 is 5.87. The standard InChI is InChI=1S/C13H6ClF4N5O/c14-6-1-2-9(23-5-10(20-22-23)13(16,17)18)7(3-6)8-4-19-21-12(24)11(8)15/h1-5H,(H,21,24). The Balaban J connectivity index is 2.22. The quantitative estimate of drug-likeness (QED) is 0.714. The minimum atomic E-state index is -4.68. The molecule has 0 spiro atoms. The van der Waals surface area contributed by atoms with Crippen LogP contribution < -0.4 is 5.56 Å². The van der Waals surface area contributed by atoms with E-state index in [0.29, 0.717) is 6.20 Å². The third-order valence-corrected chi connectivity index (χ3v) is 3.31. The number of hydrogen-bond donors (Lipinski definition) is 1. The summed E-state index contributed by atoms with van der Waals surface area (Å²) in [7, 11) is 0. The van der Waals surface area contributed by atoms with Crippen molar-refractivity contribution in [2.45, 2.75) is 6.18 Å². The smallest absolute Gasteiger partial charge is 0.265 e. The van der Waals surface area contributed by atoms with Gasteiger partial charge in [-0.25, -0.2) is 14.2 Å². The zero-order valence-corrected chi connectivity index (χ0v) is 12.2. The van der Waals surface area contributed by atoms with Crippen LogP contribution in [0.4, 0.5) is 17.6 Å². The van der Waals surface area contributed by atoms with Crippen molar-refractivity contribution in [2.75, 3.05) is 0 Å². The Morgan fingerprint density at radius 3 is 2.62 bits per heavy atom. The third kappa shape index (κ3) is 2.87. The highest BCUT2D eigenvalue weighted by molar-refractivity contribution is 6.31. The van der Waals surface area contributed by atoms with Gasteiger partial charge in [-0.15, -0.1) is 5.10 Å². The van der Waals surface area contributed by atoms with Gasteiger partial charge in [-0.3, -0.25) is 4.79 Å². The first kappa shape index (κ1) is 16.1. The molecule has 1 N–H and O–H groups in total. The maximum Gasteiger partial charge on any atom is 0.436 e. The van der Waals surface area contributed by atoms with E-state index in [0.717, 1.165) is 10.9 Å². The molecular weight excluding hydrogens is 354 g/mol. The number of aromatic nitrogens is 5. The van der Waals surface area contributed by atoms with Crippen molar-refractivity contribution >= 4 is 11.6 Å². The Bertz CT molecular complexity index is 965. The lowest BCUT2D eigenvalue weighted by molar-refractivity contribution is -0.141. The second-order valence-electron chi connectivity index (χ2n) is 4.63. The van der Waals surface area contributed by atoms with Gasteiger partial charge in [0, 0.05) is 16.1 Å². The van der Waals surface area contributed by atoms with Crippen molar-refractivity contribution in [1.29, 1.82) is 0 Å². The van der Waals surface area contributed by atoms with Crippen molar-refractivity contribution in [1.82, 2.24) is 25.2 Å². The third-order valence-electron chi connectivity index (χ3n) is 3.07. The molecular formula is C13H6ClF4N5O. The van der Waals surface area contributed by atoms with Crippen molar-refractivity contribution < 1.29 is 17.6 Å².